The zero-order valence-corrected chi connectivity index (χ0v) is 14.2. The molecule has 0 aromatic carbocycles. The Morgan fingerprint density at radius 1 is 1.23 bits per heavy atom. The number of carbonyl (C=O) groups is 2. The predicted molar refractivity (Wildman–Crippen MR) is 89.1 cm³/mol. The molecule has 0 bridgehead atoms. The van der Waals surface area contributed by atoms with Crippen LogP contribution < -0.4 is 5.32 Å². The van der Waals surface area contributed by atoms with E-state index in [9.17, 15) is 9.59 Å². The minimum absolute atomic E-state index is 0.0251. The highest BCUT2D eigenvalue weighted by Crippen LogP contribution is 2.13. The van der Waals surface area contributed by atoms with Crippen molar-refractivity contribution >= 4 is 23.3 Å². The topological polar surface area (TPSA) is 52.7 Å². The first kappa shape index (κ1) is 16.8. The summed E-state index contributed by atoms with van der Waals surface area (Å²) in [6.07, 6.45) is 2.21. The fraction of sp³-hybridized carbons (Fsp3) is 0.625. The van der Waals surface area contributed by atoms with Crippen molar-refractivity contribution in [2.45, 2.75) is 39.2 Å². The van der Waals surface area contributed by atoms with Crippen LogP contribution >= 0.6 is 11.3 Å². The maximum atomic E-state index is 12.3. The first-order chi connectivity index (χ1) is 10.6. The summed E-state index contributed by atoms with van der Waals surface area (Å²) >= 11 is 1.69. The molecule has 1 N–H and O–H groups in total. The van der Waals surface area contributed by atoms with Gasteiger partial charge in [0.15, 0.2) is 0 Å². The average molecular weight is 323 g/mol. The van der Waals surface area contributed by atoms with Crippen LogP contribution in [0.25, 0.3) is 0 Å². The van der Waals surface area contributed by atoms with Crippen LogP contribution in [0, 0.1) is 0 Å². The number of carbonyl (C=O) groups excluding carboxylic acids is 2. The first-order valence-corrected chi connectivity index (χ1v) is 8.80. The van der Waals surface area contributed by atoms with Crippen molar-refractivity contribution in [3.63, 3.8) is 0 Å². The van der Waals surface area contributed by atoms with Gasteiger partial charge in [0.2, 0.25) is 5.91 Å². The molecule has 3 amide bonds. The molecule has 0 unspecified atom stereocenters. The highest BCUT2D eigenvalue weighted by molar-refractivity contribution is 7.09. The number of amides is 3. The Kier molecular flexibility index (Phi) is 6.24. The number of nitrogens with zero attached hydrogens (tertiary/aromatic N) is 2. The SMILES string of the molecule is CC(C)NC(=O)N1CCCN(C(=O)CCc2cccs2)CC1. The summed E-state index contributed by atoms with van der Waals surface area (Å²) in [6.45, 7) is 6.62. The molecular weight excluding hydrogens is 298 g/mol. The van der Waals surface area contributed by atoms with E-state index in [2.05, 4.69) is 11.4 Å². The van der Waals surface area contributed by atoms with Crippen LogP contribution in [0.1, 0.15) is 31.6 Å². The van der Waals surface area contributed by atoms with Crippen molar-refractivity contribution in [1.82, 2.24) is 15.1 Å². The third kappa shape index (κ3) is 5.02. The maximum Gasteiger partial charge on any atom is 0.317 e. The molecule has 1 aliphatic rings. The predicted octanol–water partition coefficient (Wildman–Crippen LogP) is 2.33. The molecule has 122 valence electrons. The second kappa shape index (κ2) is 8.17. The van der Waals surface area contributed by atoms with Crippen LogP contribution in [0.4, 0.5) is 4.79 Å². The summed E-state index contributed by atoms with van der Waals surface area (Å²) in [7, 11) is 0. The van der Waals surface area contributed by atoms with E-state index in [0.717, 1.165) is 19.4 Å². The zero-order chi connectivity index (χ0) is 15.9. The normalized spacial score (nSPS) is 15.8. The molecule has 6 heteroatoms. The van der Waals surface area contributed by atoms with Crippen molar-refractivity contribution in [1.29, 1.82) is 0 Å². The van der Waals surface area contributed by atoms with E-state index in [4.69, 9.17) is 0 Å². The molecule has 22 heavy (non-hydrogen) atoms. The van der Waals surface area contributed by atoms with Gasteiger partial charge in [0, 0.05) is 43.5 Å². The lowest BCUT2D eigenvalue weighted by molar-refractivity contribution is -0.131. The van der Waals surface area contributed by atoms with Crippen molar-refractivity contribution in [2.24, 2.45) is 0 Å². The van der Waals surface area contributed by atoms with Gasteiger partial charge >= 0.3 is 6.03 Å². The smallest absolute Gasteiger partial charge is 0.317 e. The Bertz CT molecular complexity index is 488. The second-order valence-electron chi connectivity index (χ2n) is 5.90. The van der Waals surface area contributed by atoms with E-state index in [-0.39, 0.29) is 18.0 Å². The largest absolute Gasteiger partial charge is 0.341 e. The molecule has 0 aliphatic carbocycles. The van der Waals surface area contributed by atoms with Gasteiger partial charge in [0.25, 0.3) is 0 Å². The molecule has 0 atom stereocenters. The average Bonchev–Trinajstić information content (AvgIpc) is 2.86. The van der Waals surface area contributed by atoms with E-state index in [0.29, 0.717) is 26.1 Å². The lowest BCUT2D eigenvalue weighted by Gasteiger charge is -2.23. The zero-order valence-electron chi connectivity index (χ0n) is 13.4. The number of thiophene rings is 1. The fourth-order valence-electron chi connectivity index (χ4n) is 2.55. The van der Waals surface area contributed by atoms with E-state index in [1.807, 2.05) is 35.1 Å². The molecule has 1 aliphatic heterocycles. The Morgan fingerprint density at radius 2 is 1.95 bits per heavy atom. The summed E-state index contributed by atoms with van der Waals surface area (Å²) in [5, 5.41) is 4.95. The van der Waals surface area contributed by atoms with Gasteiger partial charge in [-0.2, -0.15) is 0 Å². The highest BCUT2D eigenvalue weighted by atomic mass is 32.1. The molecule has 2 heterocycles. The summed E-state index contributed by atoms with van der Waals surface area (Å²) in [6, 6.07) is 4.20. The third-order valence-electron chi connectivity index (χ3n) is 3.71. The van der Waals surface area contributed by atoms with Gasteiger partial charge in [-0.15, -0.1) is 11.3 Å². The van der Waals surface area contributed by atoms with Crippen molar-refractivity contribution < 1.29 is 9.59 Å². The van der Waals surface area contributed by atoms with E-state index in [1.54, 1.807) is 11.3 Å². The van der Waals surface area contributed by atoms with Crippen LogP contribution in [-0.2, 0) is 11.2 Å². The molecular formula is C16H25N3O2S. The van der Waals surface area contributed by atoms with Gasteiger partial charge in [0.05, 0.1) is 0 Å². The van der Waals surface area contributed by atoms with Crippen LogP contribution in [0.2, 0.25) is 0 Å². The molecule has 5 nitrogen and oxygen atoms in total. The molecule has 1 aromatic heterocycles. The van der Waals surface area contributed by atoms with Gasteiger partial charge in [-0.3, -0.25) is 4.79 Å². The van der Waals surface area contributed by atoms with Gasteiger partial charge in [-0.05, 0) is 38.1 Å². The lowest BCUT2D eigenvalue weighted by atomic mass is 10.2. The Morgan fingerprint density at radius 3 is 2.64 bits per heavy atom. The Hall–Kier alpha value is -1.56. The molecule has 0 radical (unpaired) electrons. The first-order valence-electron chi connectivity index (χ1n) is 7.92. The number of nitrogens with one attached hydrogen (secondary N) is 1. The van der Waals surface area contributed by atoms with Crippen LogP contribution in [0.5, 0.6) is 0 Å². The van der Waals surface area contributed by atoms with E-state index >= 15 is 0 Å². The lowest BCUT2D eigenvalue weighted by Crippen LogP contribution is -2.44. The second-order valence-corrected chi connectivity index (χ2v) is 6.94. The van der Waals surface area contributed by atoms with Gasteiger partial charge in [0.1, 0.15) is 0 Å². The molecule has 2 rings (SSSR count). The quantitative estimate of drug-likeness (QED) is 0.924. The van der Waals surface area contributed by atoms with Crippen molar-refractivity contribution in [3.8, 4) is 0 Å². The van der Waals surface area contributed by atoms with E-state index < -0.39 is 0 Å². The van der Waals surface area contributed by atoms with Gasteiger partial charge in [-0.25, -0.2) is 4.79 Å². The monoisotopic (exact) mass is 323 g/mol. The molecule has 0 spiro atoms. The maximum absolute atomic E-state index is 12.3. The van der Waals surface area contributed by atoms with E-state index in [1.165, 1.54) is 4.88 Å². The number of hydrogen-bond donors (Lipinski definition) is 1. The van der Waals surface area contributed by atoms with Crippen molar-refractivity contribution in [3.05, 3.63) is 22.4 Å². The highest BCUT2D eigenvalue weighted by Gasteiger charge is 2.22. The number of urea groups is 1. The summed E-state index contributed by atoms with van der Waals surface area (Å²) < 4.78 is 0. The number of rotatable bonds is 4. The van der Waals surface area contributed by atoms with Crippen LogP contribution in [-0.4, -0.2) is 54.0 Å². The third-order valence-corrected chi connectivity index (χ3v) is 4.65. The minimum Gasteiger partial charge on any atom is -0.341 e. The Labute approximate surface area is 136 Å². The fourth-order valence-corrected chi connectivity index (χ4v) is 3.26. The summed E-state index contributed by atoms with van der Waals surface area (Å²) in [5.41, 5.74) is 0. The summed E-state index contributed by atoms with van der Waals surface area (Å²) in [4.78, 5) is 29.3. The van der Waals surface area contributed by atoms with Crippen molar-refractivity contribution in [2.75, 3.05) is 26.2 Å². The minimum atomic E-state index is -0.0251. The van der Waals surface area contributed by atoms with Crippen LogP contribution in [0.15, 0.2) is 17.5 Å². The molecule has 0 saturated carbocycles. The van der Waals surface area contributed by atoms with Gasteiger partial charge in [-0.1, -0.05) is 6.07 Å². The molecule has 1 saturated heterocycles. The molecule has 1 fully saturated rings. The number of hydrogen-bond acceptors (Lipinski definition) is 3. The standard InChI is InChI=1S/C16H25N3O2S/c1-13(2)17-16(21)19-9-4-8-18(10-11-19)15(20)7-6-14-5-3-12-22-14/h3,5,12-13H,4,6-11H2,1-2H3,(H,17,21). The van der Waals surface area contributed by atoms with Crippen LogP contribution in [0.3, 0.4) is 0 Å². The summed E-state index contributed by atoms with van der Waals surface area (Å²) in [5.74, 6) is 0.194. The Balaban J connectivity index is 1.79. The number of aryl methyl sites for hydroxylation is 1. The van der Waals surface area contributed by atoms with Gasteiger partial charge < -0.3 is 15.1 Å². The molecule has 1 aromatic rings.